The minimum Gasteiger partial charge on any atom is -0.481 e. The molecule has 1 rings (SSSR count). The third-order valence-corrected chi connectivity index (χ3v) is 3.31. The molecule has 0 saturated carbocycles. The number of aliphatic carboxylic acids is 1. The van der Waals surface area contributed by atoms with E-state index >= 15 is 0 Å². The molecule has 5 heteroatoms. The first-order valence-corrected chi connectivity index (χ1v) is 6.88. The van der Waals surface area contributed by atoms with Gasteiger partial charge in [0.05, 0.1) is 5.92 Å². The fraction of sp³-hybridized carbons (Fsp3) is 0.385. The lowest BCUT2D eigenvalue weighted by atomic mass is 10.1. The van der Waals surface area contributed by atoms with Crippen LogP contribution in [0.5, 0.6) is 0 Å². The number of hydrogen-bond acceptors (Lipinski definition) is 3. The summed E-state index contributed by atoms with van der Waals surface area (Å²) in [5, 5.41) is 11.4. The highest BCUT2D eigenvalue weighted by Crippen LogP contribution is 2.14. The Labute approximate surface area is 111 Å². The van der Waals surface area contributed by atoms with E-state index in [0.717, 1.165) is 5.56 Å². The van der Waals surface area contributed by atoms with Crippen molar-refractivity contribution in [3.8, 4) is 0 Å². The summed E-state index contributed by atoms with van der Waals surface area (Å²) in [6.07, 6.45) is 2.02. The minimum atomic E-state index is -0.950. The lowest BCUT2D eigenvalue weighted by Crippen LogP contribution is -2.26. The summed E-state index contributed by atoms with van der Waals surface area (Å²) >= 11 is 1.66. The summed E-state index contributed by atoms with van der Waals surface area (Å²) in [7, 11) is 0. The smallest absolute Gasteiger partial charge is 0.306 e. The molecule has 1 aromatic rings. The van der Waals surface area contributed by atoms with Gasteiger partial charge in [-0.1, -0.05) is 19.1 Å². The highest BCUT2D eigenvalue weighted by molar-refractivity contribution is 7.98. The van der Waals surface area contributed by atoms with Crippen molar-refractivity contribution in [2.24, 2.45) is 5.92 Å². The second kappa shape index (κ2) is 7.06. The van der Waals surface area contributed by atoms with E-state index in [4.69, 9.17) is 5.11 Å². The normalized spacial score (nSPS) is 11.9. The zero-order chi connectivity index (χ0) is 13.5. The molecule has 18 heavy (non-hydrogen) atoms. The van der Waals surface area contributed by atoms with Gasteiger partial charge in [-0.25, -0.2) is 0 Å². The molecule has 0 spiro atoms. The van der Waals surface area contributed by atoms with Crippen molar-refractivity contribution in [3.63, 3.8) is 0 Å². The van der Waals surface area contributed by atoms with Crippen molar-refractivity contribution in [1.82, 2.24) is 5.32 Å². The van der Waals surface area contributed by atoms with Crippen LogP contribution in [0.1, 0.15) is 18.9 Å². The maximum absolute atomic E-state index is 11.5. The lowest BCUT2D eigenvalue weighted by molar-refractivity contribution is -0.143. The number of carboxylic acids is 1. The number of thioether (sulfide) groups is 1. The van der Waals surface area contributed by atoms with E-state index in [1.165, 1.54) is 11.8 Å². The topological polar surface area (TPSA) is 66.4 Å². The quantitative estimate of drug-likeness (QED) is 0.775. The van der Waals surface area contributed by atoms with Crippen LogP contribution in [-0.4, -0.2) is 23.2 Å². The fourth-order valence-electron chi connectivity index (χ4n) is 1.38. The molecular weight excluding hydrogens is 250 g/mol. The van der Waals surface area contributed by atoms with E-state index in [1.54, 1.807) is 11.8 Å². The van der Waals surface area contributed by atoms with Crippen LogP contribution in [0.15, 0.2) is 29.2 Å². The maximum Gasteiger partial charge on any atom is 0.306 e. The van der Waals surface area contributed by atoms with Gasteiger partial charge in [-0.15, -0.1) is 11.8 Å². The Balaban J connectivity index is 2.40. The van der Waals surface area contributed by atoms with Crippen LogP contribution in [0, 0.1) is 5.92 Å². The van der Waals surface area contributed by atoms with E-state index in [1.807, 2.05) is 30.5 Å². The Morgan fingerprint density at radius 2 is 1.94 bits per heavy atom. The Kier molecular flexibility index (Phi) is 5.71. The van der Waals surface area contributed by atoms with Crippen molar-refractivity contribution in [3.05, 3.63) is 29.8 Å². The third kappa shape index (κ3) is 4.79. The van der Waals surface area contributed by atoms with Crippen LogP contribution < -0.4 is 5.32 Å². The summed E-state index contributed by atoms with van der Waals surface area (Å²) in [6, 6.07) is 7.89. The van der Waals surface area contributed by atoms with Crippen LogP contribution in [0.3, 0.4) is 0 Å². The van der Waals surface area contributed by atoms with E-state index in [2.05, 4.69) is 5.32 Å². The molecule has 1 aromatic carbocycles. The maximum atomic E-state index is 11.5. The molecule has 0 bridgehead atoms. The average molecular weight is 267 g/mol. The average Bonchev–Trinajstić information content (AvgIpc) is 2.36. The number of benzene rings is 1. The molecule has 0 aliphatic rings. The molecule has 1 atom stereocenters. The SMILES string of the molecule is CSc1ccc(CNC(=O)CC(C)C(=O)O)cc1. The molecule has 1 amide bonds. The van der Waals surface area contributed by atoms with Crippen LogP contribution in [-0.2, 0) is 16.1 Å². The van der Waals surface area contributed by atoms with Crippen molar-refractivity contribution in [2.75, 3.05) is 6.26 Å². The van der Waals surface area contributed by atoms with Crippen molar-refractivity contribution in [2.45, 2.75) is 24.8 Å². The summed E-state index contributed by atoms with van der Waals surface area (Å²) in [5.41, 5.74) is 1.00. The third-order valence-electron chi connectivity index (χ3n) is 2.56. The van der Waals surface area contributed by atoms with E-state index < -0.39 is 11.9 Å². The molecule has 0 aliphatic carbocycles. The van der Waals surface area contributed by atoms with Gasteiger partial charge in [-0.3, -0.25) is 9.59 Å². The first-order valence-electron chi connectivity index (χ1n) is 5.65. The van der Waals surface area contributed by atoms with Gasteiger partial charge in [0.15, 0.2) is 0 Å². The number of carboxylic acid groups (broad SMARTS) is 1. The Hall–Kier alpha value is -1.49. The van der Waals surface area contributed by atoms with Gasteiger partial charge in [-0.05, 0) is 24.0 Å². The number of nitrogens with one attached hydrogen (secondary N) is 1. The second-order valence-corrected chi connectivity index (χ2v) is 4.95. The van der Waals surface area contributed by atoms with Crippen LogP contribution >= 0.6 is 11.8 Å². The van der Waals surface area contributed by atoms with Crippen LogP contribution in [0.4, 0.5) is 0 Å². The molecule has 98 valence electrons. The molecule has 4 nitrogen and oxygen atoms in total. The number of hydrogen-bond donors (Lipinski definition) is 2. The second-order valence-electron chi connectivity index (χ2n) is 4.07. The highest BCUT2D eigenvalue weighted by atomic mass is 32.2. The fourth-order valence-corrected chi connectivity index (χ4v) is 1.79. The first kappa shape index (κ1) is 14.6. The van der Waals surface area contributed by atoms with Crippen molar-refractivity contribution < 1.29 is 14.7 Å². The Morgan fingerprint density at radius 3 is 2.44 bits per heavy atom. The van der Waals surface area contributed by atoms with Gasteiger partial charge < -0.3 is 10.4 Å². The predicted octanol–water partition coefficient (Wildman–Crippen LogP) is 2.14. The van der Waals surface area contributed by atoms with E-state index in [9.17, 15) is 9.59 Å². The molecular formula is C13H17NO3S. The van der Waals surface area contributed by atoms with E-state index in [0.29, 0.717) is 6.54 Å². The van der Waals surface area contributed by atoms with Crippen LogP contribution in [0.25, 0.3) is 0 Å². The molecule has 0 heterocycles. The zero-order valence-corrected chi connectivity index (χ0v) is 11.3. The van der Waals surface area contributed by atoms with Gasteiger partial charge in [0.25, 0.3) is 0 Å². The summed E-state index contributed by atoms with van der Waals surface area (Å²) < 4.78 is 0. The Morgan fingerprint density at radius 1 is 1.33 bits per heavy atom. The predicted molar refractivity (Wildman–Crippen MR) is 71.5 cm³/mol. The number of carbonyl (C=O) groups is 2. The van der Waals surface area contributed by atoms with Crippen molar-refractivity contribution in [1.29, 1.82) is 0 Å². The van der Waals surface area contributed by atoms with Gasteiger partial charge >= 0.3 is 5.97 Å². The molecule has 1 unspecified atom stereocenters. The minimum absolute atomic E-state index is 0.0121. The molecule has 0 radical (unpaired) electrons. The van der Waals surface area contributed by atoms with Crippen molar-refractivity contribution >= 4 is 23.6 Å². The molecule has 0 aliphatic heterocycles. The summed E-state index contributed by atoms with van der Waals surface area (Å²) in [5.74, 6) is -1.84. The number of rotatable bonds is 6. The lowest BCUT2D eigenvalue weighted by Gasteiger charge is -2.08. The number of amides is 1. The van der Waals surface area contributed by atoms with Gasteiger partial charge in [0.2, 0.25) is 5.91 Å². The van der Waals surface area contributed by atoms with Gasteiger partial charge in [0, 0.05) is 17.9 Å². The summed E-state index contributed by atoms with van der Waals surface area (Å²) in [4.78, 5) is 23.2. The van der Waals surface area contributed by atoms with E-state index in [-0.39, 0.29) is 12.3 Å². The highest BCUT2D eigenvalue weighted by Gasteiger charge is 2.15. The van der Waals surface area contributed by atoms with Gasteiger partial charge in [-0.2, -0.15) is 0 Å². The number of carbonyl (C=O) groups excluding carboxylic acids is 1. The Bertz CT molecular complexity index is 417. The monoisotopic (exact) mass is 267 g/mol. The standard InChI is InChI=1S/C13H17NO3S/c1-9(13(16)17)7-12(15)14-8-10-3-5-11(18-2)6-4-10/h3-6,9H,7-8H2,1-2H3,(H,14,15)(H,16,17). The van der Waals surface area contributed by atoms with Crippen LogP contribution in [0.2, 0.25) is 0 Å². The largest absolute Gasteiger partial charge is 0.481 e. The molecule has 0 saturated heterocycles. The molecule has 0 aromatic heterocycles. The van der Waals surface area contributed by atoms with Gasteiger partial charge in [0.1, 0.15) is 0 Å². The summed E-state index contributed by atoms with van der Waals surface area (Å²) in [6.45, 7) is 1.95. The molecule has 0 fully saturated rings. The zero-order valence-electron chi connectivity index (χ0n) is 10.5. The molecule has 2 N–H and O–H groups in total. The first-order chi connectivity index (χ1) is 8.52.